The molecule has 136 valence electrons. The topological polar surface area (TPSA) is 86.7 Å². The van der Waals surface area contributed by atoms with Gasteiger partial charge in [-0.1, -0.05) is 18.2 Å². The van der Waals surface area contributed by atoms with E-state index in [1.165, 1.54) is 0 Å². The molecule has 0 atom stereocenters. The fraction of sp³-hybridized carbons (Fsp3) is 0.375. The molecule has 1 heterocycles. The minimum Gasteiger partial charge on any atom is -0.352 e. The minimum absolute atomic E-state index is 0.450. The van der Waals surface area contributed by atoms with Crippen molar-refractivity contribution in [1.29, 1.82) is 0 Å². The van der Waals surface area contributed by atoms with E-state index in [1.54, 1.807) is 30.5 Å². The van der Waals surface area contributed by atoms with Gasteiger partial charge in [0.2, 0.25) is 10.0 Å². The standard InChI is InChI=1S/C16H23N5O2S2/c1-12-19-14(11-24-12)10-21(3)16(17-2)18-9-13-7-5-6-8-15(13)20-25(4,22)23/h5-8,11,20H,9-10H2,1-4H3,(H,17,18). The summed E-state index contributed by atoms with van der Waals surface area (Å²) in [6.45, 7) is 3.08. The zero-order valence-corrected chi connectivity index (χ0v) is 16.4. The summed E-state index contributed by atoms with van der Waals surface area (Å²) >= 11 is 1.62. The zero-order chi connectivity index (χ0) is 18.4. The van der Waals surface area contributed by atoms with Gasteiger partial charge in [-0.05, 0) is 18.6 Å². The van der Waals surface area contributed by atoms with Crippen LogP contribution in [0.5, 0.6) is 0 Å². The van der Waals surface area contributed by atoms with E-state index < -0.39 is 10.0 Å². The van der Waals surface area contributed by atoms with E-state index in [2.05, 4.69) is 20.0 Å². The highest BCUT2D eigenvalue weighted by Gasteiger charge is 2.11. The van der Waals surface area contributed by atoms with Crippen LogP contribution in [-0.4, -0.2) is 44.6 Å². The summed E-state index contributed by atoms with van der Waals surface area (Å²) < 4.78 is 25.5. The quantitative estimate of drug-likeness (QED) is 0.591. The average molecular weight is 382 g/mol. The zero-order valence-electron chi connectivity index (χ0n) is 14.8. The van der Waals surface area contributed by atoms with Gasteiger partial charge in [0.15, 0.2) is 5.96 Å². The lowest BCUT2D eigenvalue weighted by Crippen LogP contribution is -2.38. The van der Waals surface area contributed by atoms with E-state index in [0.29, 0.717) is 24.7 Å². The molecule has 1 aromatic heterocycles. The summed E-state index contributed by atoms with van der Waals surface area (Å²) in [5, 5.41) is 6.32. The van der Waals surface area contributed by atoms with Crippen LogP contribution in [0.3, 0.4) is 0 Å². The molecule has 0 aliphatic rings. The van der Waals surface area contributed by atoms with E-state index >= 15 is 0 Å². The highest BCUT2D eigenvalue weighted by atomic mass is 32.2. The predicted molar refractivity (Wildman–Crippen MR) is 103 cm³/mol. The number of guanidine groups is 1. The maximum atomic E-state index is 11.5. The number of sulfonamides is 1. The fourth-order valence-corrected chi connectivity index (χ4v) is 3.53. The SMILES string of the molecule is CN=C(NCc1ccccc1NS(C)(=O)=O)N(C)Cc1csc(C)n1. The van der Waals surface area contributed by atoms with Crippen molar-refractivity contribution >= 4 is 33.0 Å². The van der Waals surface area contributed by atoms with Crippen LogP contribution < -0.4 is 10.0 Å². The maximum absolute atomic E-state index is 11.5. The number of nitrogens with one attached hydrogen (secondary N) is 2. The number of para-hydroxylation sites is 1. The van der Waals surface area contributed by atoms with Crippen molar-refractivity contribution in [1.82, 2.24) is 15.2 Å². The number of anilines is 1. The molecule has 0 unspecified atom stereocenters. The summed E-state index contributed by atoms with van der Waals surface area (Å²) in [7, 11) is 0.325. The summed E-state index contributed by atoms with van der Waals surface area (Å²) in [6.07, 6.45) is 1.14. The lowest BCUT2D eigenvalue weighted by molar-refractivity contribution is 0.470. The van der Waals surface area contributed by atoms with Crippen LogP contribution in [0.1, 0.15) is 16.3 Å². The van der Waals surface area contributed by atoms with Crippen molar-refractivity contribution in [3.05, 3.63) is 45.9 Å². The molecule has 0 bridgehead atoms. The maximum Gasteiger partial charge on any atom is 0.229 e. The molecule has 9 heteroatoms. The number of hydrogen-bond donors (Lipinski definition) is 2. The summed E-state index contributed by atoms with van der Waals surface area (Å²) in [5.74, 6) is 0.708. The third-order valence-electron chi connectivity index (χ3n) is 3.39. The van der Waals surface area contributed by atoms with Crippen LogP contribution >= 0.6 is 11.3 Å². The van der Waals surface area contributed by atoms with Crippen LogP contribution in [0, 0.1) is 6.92 Å². The summed E-state index contributed by atoms with van der Waals surface area (Å²) in [4.78, 5) is 10.7. The Bertz CT molecular complexity index is 846. The number of aromatic nitrogens is 1. The largest absolute Gasteiger partial charge is 0.352 e. The molecule has 1 aromatic carbocycles. The molecule has 0 aliphatic carbocycles. The molecule has 2 aromatic rings. The number of benzene rings is 1. The number of aliphatic imine (C=N–C) groups is 1. The van der Waals surface area contributed by atoms with E-state index in [0.717, 1.165) is 22.5 Å². The van der Waals surface area contributed by atoms with Gasteiger partial charge in [0.1, 0.15) is 0 Å². The third kappa shape index (κ3) is 6.02. The lowest BCUT2D eigenvalue weighted by atomic mass is 10.2. The van der Waals surface area contributed by atoms with Gasteiger partial charge in [0, 0.05) is 26.0 Å². The van der Waals surface area contributed by atoms with Crippen molar-refractivity contribution in [3.8, 4) is 0 Å². The van der Waals surface area contributed by atoms with E-state index in [-0.39, 0.29) is 0 Å². The van der Waals surface area contributed by atoms with Gasteiger partial charge in [-0.3, -0.25) is 9.71 Å². The van der Waals surface area contributed by atoms with Crippen LogP contribution in [0.2, 0.25) is 0 Å². The van der Waals surface area contributed by atoms with Crippen molar-refractivity contribution in [2.24, 2.45) is 4.99 Å². The minimum atomic E-state index is -3.32. The highest BCUT2D eigenvalue weighted by Crippen LogP contribution is 2.16. The van der Waals surface area contributed by atoms with Crippen LogP contribution in [0.25, 0.3) is 0 Å². The first kappa shape index (κ1) is 19.2. The van der Waals surface area contributed by atoms with Gasteiger partial charge >= 0.3 is 0 Å². The average Bonchev–Trinajstić information content (AvgIpc) is 2.93. The molecule has 0 fully saturated rings. The molecule has 25 heavy (non-hydrogen) atoms. The molecule has 0 amide bonds. The Labute approximate surface area is 152 Å². The van der Waals surface area contributed by atoms with Gasteiger partial charge in [-0.25, -0.2) is 13.4 Å². The first-order valence-corrected chi connectivity index (χ1v) is 10.4. The molecular weight excluding hydrogens is 358 g/mol. The van der Waals surface area contributed by atoms with E-state index in [4.69, 9.17) is 0 Å². The van der Waals surface area contributed by atoms with Gasteiger partial charge in [-0.2, -0.15) is 0 Å². The summed E-state index contributed by atoms with van der Waals surface area (Å²) in [5.41, 5.74) is 2.39. The number of nitrogens with zero attached hydrogens (tertiary/aromatic N) is 3. The van der Waals surface area contributed by atoms with Crippen molar-refractivity contribution in [3.63, 3.8) is 0 Å². The molecule has 0 saturated heterocycles. The van der Waals surface area contributed by atoms with Crippen molar-refractivity contribution < 1.29 is 8.42 Å². The van der Waals surface area contributed by atoms with Crippen molar-refractivity contribution in [2.45, 2.75) is 20.0 Å². The Morgan fingerprint density at radius 3 is 2.68 bits per heavy atom. The molecule has 0 spiro atoms. The molecule has 2 rings (SSSR count). The molecule has 0 aliphatic heterocycles. The predicted octanol–water partition coefficient (Wildman–Crippen LogP) is 2.03. The van der Waals surface area contributed by atoms with E-state index in [1.807, 2.05) is 36.4 Å². The Morgan fingerprint density at radius 2 is 2.08 bits per heavy atom. The Kier molecular flexibility index (Phi) is 6.38. The van der Waals surface area contributed by atoms with Gasteiger partial charge in [0.25, 0.3) is 0 Å². The number of hydrogen-bond acceptors (Lipinski definition) is 5. The first-order chi connectivity index (χ1) is 11.8. The van der Waals surface area contributed by atoms with Gasteiger partial charge in [0.05, 0.1) is 29.2 Å². The molecule has 0 radical (unpaired) electrons. The number of rotatable bonds is 6. The van der Waals surface area contributed by atoms with Crippen LogP contribution in [0.4, 0.5) is 5.69 Å². The van der Waals surface area contributed by atoms with Gasteiger partial charge < -0.3 is 10.2 Å². The molecule has 0 saturated carbocycles. The Morgan fingerprint density at radius 1 is 1.36 bits per heavy atom. The fourth-order valence-electron chi connectivity index (χ4n) is 2.33. The molecular formula is C16H23N5O2S2. The van der Waals surface area contributed by atoms with E-state index in [9.17, 15) is 8.42 Å². The third-order valence-corrected chi connectivity index (χ3v) is 4.80. The highest BCUT2D eigenvalue weighted by molar-refractivity contribution is 7.92. The second-order valence-corrected chi connectivity index (χ2v) is 8.46. The number of aryl methyl sites for hydroxylation is 1. The summed E-state index contributed by atoms with van der Waals surface area (Å²) in [6, 6.07) is 7.28. The second kappa shape index (κ2) is 8.30. The Balaban J connectivity index is 2.03. The van der Waals surface area contributed by atoms with Crippen LogP contribution in [0.15, 0.2) is 34.6 Å². The lowest BCUT2D eigenvalue weighted by Gasteiger charge is -2.22. The monoisotopic (exact) mass is 381 g/mol. The van der Waals surface area contributed by atoms with Crippen LogP contribution in [-0.2, 0) is 23.1 Å². The Hall–Kier alpha value is -2.13. The smallest absolute Gasteiger partial charge is 0.229 e. The van der Waals surface area contributed by atoms with Crippen molar-refractivity contribution in [2.75, 3.05) is 25.1 Å². The first-order valence-electron chi connectivity index (χ1n) is 7.67. The van der Waals surface area contributed by atoms with Gasteiger partial charge in [-0.15, -0.1) is 11.3 Å². The molecule has 7 nitrogen and oxygen atoms in total. The number of thiazole rings is 1. The second-order valence-electron chi connectivity index (χ2n) is 5.65. The molecule has 2 N–H and O–H groups in total. The normalized spacial score (nSPS) is 12.1.